The molecule has 0 amide bonds. The summed E-state index contributed by atoms with van der Waals surface area (Å²) >= 11 is 0. The Kier molecular flexibility index (Phi) is 20.3. The molecule has 0 aliphatic carbocycles. The quantitative estimate of drug-likeness (QED) is 0.161. The number of hydrogen-bond donors (Lipinski definition) is 0. The molecule has 0 saturated heterocycles. The van der Waals surface area contributed by atoms with Gasteiger partial charge in [0.2, 0.25) is 0 Å². The summed E-state index contributed by atoms with van der Waals surface area (Å²) in [6.45, 7) is 4.94. The van der Waals surface area contributed by atoms with Gasteiger partial charge < -0.3 is 9.29 Å². The zero-order valence-electron chi connectivity index (χ0n) is 21.0. The van der Waals surface area contributed by atoms with Gasteiger partial charge in [0, 0.05) is 5.75 Å². The van der Waals surface area contributed by atoms with E-state index >= 15 is 0 Å². The molecule has 0 atom stereocenters. The van der Waals surface area contributed by atoms with Gasteiger partial charge in [-0.3, -0.25) is 0 Å². The van der Waals surface area contributed by atoms with Crippen LogP contribution in [0.3, 0.4) is 0 Å². The van der Waals surface area contributed by atoms with E-state index in [1.165, 1.54) is 88.2 Å². The van der Waals surface area contributed by atoms with Crippen LogP contribution < -0.4 is 34.3 Å². The Bertz CT molecular complexity index is 676. The number of ether oxygens (including phenoxy) is 1. The summed E-state index contributed by atoms with van der Waals surface area (Å²) in [6, 6.07) is 6.65. The first-order chi connectivity index (χ1) is 15.0. The second-order valence-corrected chi connectivity index (χ2v) is 10.3. The molecule has 0 fully saturated rings. The van der Waals surface area contributed by atoms with E-state index in [0.29, 0.717) is 19.4 Å². The average Bonchev–Trinajstić information content (AvgIpc) is 2.73. The first kappa shape index (κ1) is 31.9. The summed E-state index contributed by atoms with van der Waals surface area (Å²) in [5, 5.41) is 0. The number of hydrogen-bond acceptors (Lipinski definition) is 4. The normalized spacial score (nSPS) is 11.3. The second kappa shape index (κ2) is 20.3. The summed E-state index contributed by atoms with van der Waals surface area (Å²) in [4.78, 5) is 0. The van der Waals surface area contributed by atoms with Gasteiger partial charge in [0.25, 0.3) is 0 Å². The fraction of sp³-hybridized carbons (Fsp3) is 0.769. The molecule has 180 valence electrons. The maximum atomic E-state index is 10.8. The van der Waals surface area contributed by atoms with Gasteiger partial charge in [0.1, 0.15) is 5.75 Å². The molecule has 0 spiro atoms. The Labute approximate surface area is 220 Å². The number of unbranched alkanes of at least 4 members (excludes halogenated alkanes) is 11. The molecule has 0 radical (unpaired) electrons. The van der Waals surface area contributed by atoms with E-state index in [2.05, 4.69) is 32.0 Å². The summed E-state index contributed by atoms with van der Waals surface area (Å²) in [5.41, 5.74) is 2.57. The summed E-state index contributed by atoms with van der Waals surface area (Å²) in [6.07, 6.45) is 18.4. The summed E-state index contributed by atoms with van der Waals surface area (Å²) < 4.78 is 38.3. The van der Waals surface area contributed by atoms with Gasteiger partial charge >= 0.3 is 29.6 Å². The van der Waals surface area contributed by atoms with E-state index in [0.717, 1.165) is 18.6 Å². The van der Waals surface area contributed by atoms with Gasteiger partial charge in [0.05, 0.1) is 16.7 Å². The first-order valence-electron chi connectivity index (χ1n) is 12.6. The first-order valence-corrected chi connectivity index (χ1v) is 14.2. The molecular weight excluding hydrogens is 431 g/mol. The van der Waals surface area contributed by atoms with Crippen molar-refractivity contribution in [1.82, 2.24) is 0 Å². The van der Waals surface area contributed by atoms with Gasteiger partial charge in [-0.25, -0.2) is 8.42 Å². The summed E-state index contributed by atoms with van der Waals surface area (Å²) in [5.74, 6) is 0.640. The van der Waals surface area contributed by atoms with Crippen molar-refractivity contribution in [2.45, 2.75) is 117 Å². The van der Waals surface area contributed by atoms with Crippen molar-refractivity contribution in [3.63, 3.8) is 0 Å². The van der Waals surface area contributed by atoms with Crippen LogP contribution in [-0.4, -0.2) is 25.3 Å². The molecule has 0 bridgehead atoms. The van der Waals surface area contributed by atoms with E-state index < -0.39 is 10.1 Å². The van der Waals surface area contributed by atoms with Crippen LogP contribution in [0.4, 0.5) is 0 Å². The topological polar surface area (TPSA) is 66.4 Å². The van der Waals surface area contributed by atoms with Crippen LogP contribution in [-0.2, 0) is 23.0 Å². The monoisotopic (exact) mass is 476 g/mol. The Morgan fingerprint density at radius 1 is 0.750 bits per heavy atom. The molecule has 1 aromatic rings. The standard InChI is InChI=1S/C26H46O4S.Na/c1-3-5-7-9-11-13-17-24-19-20-25(18-14-12-10-8-6-4-2)26(23-24)30-21-15-16-22-31(27,28)29;/h19-20,23H,3-18,21-22H2,1-2H3,(H,27,28,29);/q;+1/p-1. The number of benzene rings is 1. The molecule has 0 unspecified atom stereocenters. The molecule has 0 aromatic heterocycles. The molecule has 1 rings (SSSR count). The minimum Gasteiger partial charge on any atom is -0.748 e. The number of rotatable bonds is 20. The zero-order valence-corrected chi connectivity index (χ0v) is 23.8. The van der Waals surface area contributed by atoms with E-state index in [9.17, 15) is 13.0 Å². The van der Waals surface area contributed by atoms with Crippen LogP contribution in [0.1, 0.15) is 115 Å². The Hall–Kier alpha value is -0.0700. The fourth-order valence-electron chi connectivity index (χ4n) is 3.86. The third-order valence-electron chi connectivity index (χ3n) is 5.80. The molecule has 0 saturated carbocycles. The van der Waals surface area contributed by atoms with Crippen LogP contribution >= 0.6 is 0 Å². The molecular formula is C26H45NaO4S. The minimum absolute atomic E-state index is 0. The fourth-order valence-corrected chi connectivity index (χ4v) is 4.42. The zero-order chi connectivity index (χ0) is 22.8. The maximum Gasteiger partial charge on any atom is 1.00 e. The Morgan fingerprint density at radius 3 is 1.91 bits per heavy atom. The van der Waals surface area contributed by atoms with Crippen molar-refractivity contribution < 1.29 is 47.3 Å². The van der Waals surface area contributed by atoms with Gasteiger partial charge in [0.15, 0.2) is 0 Å². The Morgan fingerprint density at radius 2 is 1.31 bits per heavy atom. The van der Waals surface area contributed by atoms with E-state index in [1.807, 2.05) is 0 Å². The van der Waals surface area contributed by atoms with Crippen molar-refractivity contribution in [2.75, 3.05) is 12.4 Å². The van der Waals surface area contributed by atoms with Gasteiger partial charge in [-0.1, -0.05) is 90.2 Å². The molecule has 0 N–H and O–H groups in total. The van der Waals surface area contributed by atoms with Crippen LogP contribution in [0.5, 0.6) is 5.75 Å². The molecule has 4 nitrogen and oxygen atoms in total. The van der Waals surface area contributed by atoms with Gasteiger partial charge in [-0.2, -0.15) is 0 Å². The van der Waals surface area contributed by atoms with E-state index in [1.54, 1.807) is 0 Å². The number of aryl methyl sites for hydroxylation is 2. The molecule has 0 heterocycles. The maximum absolute atomic E-state index is 10.8. The van der Waals surface area contributed by atoms with Gasteiger partial charge in [-0.15, -0.1) is 0 Å². The van der Waals surface area contributed by atoms with E-state index in [4.69, 9.17) is 4.74 Å². The van der Waals surface area contributed by atoms with Crippen molar-refractivity contribution in [3.05, 3.63) is 29.3 Å². The molecule has 1 aromatic carbocycles. The van der Waals surface area contributed by atoms with Crippen molar-refractivity contribution >= 4 is 10.1 Å². The van der Waals surface area contributed by atoms with Crippen LogP contribution in [0.2, 0.25) is 0 Å². The van der Waals surface area contributed by atoms with Crippen molar-refractivity contribution in [2.24, 2.45) is 0 Å². The molecule has 0 aliphatic heterocycles. The van der Waals surface area contributed by atoms with Crippen LogP contribution in [0.25, 0.3) is 0 Å². The molecule has 0 aliphatic rings. The van der Waals surface area contributed by atoms with Crippen LogP contribution in [0.15, 0.2) is 18.2 Å². The summed E-state index contributed by atoms with van der Waals surface area (Å²) in [7, 11) is -4.13. The van der Waals surface area contributed by atoms with Crippen LogP contribution in [0, 0.1) is 0 Å². The predicted molar refractivity (Wildman–Crippen MR) is 130 cm³/mol. The molecule has 6 heteroatoms. The largest absolute Gasteiger partial charge is 1.00 e. The third kappa shape index (κ3) is 17.4. The molecule has 32 heavy (non-hydrogen) atoms. The van der Waals surface area contributed by atoms with Crippen molar-refractivity contribution in [1.29, 1.82) is 0 Å². The third-order valence-corrected chi connectivity index (χ3v) is 6.59. The van der Waals surface area contributed by atoms with E-state index in [-0.39, 0.29) is 35.3 Å². The second-order valence-electron chi connectivity index (χ2n) is 8.79. The smallest absolute Gasteiger partial charge is 0.748 e. The predicted octanol–water partition coefficient (Wildman–Crippen LogP) is 4.20. The SMILES string of the molecule is CCCCCCCCc1ccc(CCCCCCCC)c(OCCCCS(=O)(=O)[O-])c1.[Na+]. The van der Waals surface area contributed by atoms with Gasteiger partial charge in [-0.05, 0) is 55.7 Å². The minimum atomic E-state index is -4.13. The Balaban J connectivity index is 0.00000961. The average molecular weight is 477 g/mol. The van der Waals surface area contributed by atoms with Crippen molar-refractivity contribution in [3.8, 4) is 5.75 Å².